The van der Waals surface area contributed by atoms with E-state index < -0.39 is 11.9 Å². The van der Waals surface area contributed by atoms with E-state index in [0.717, 1.165) is 22.9 Å². The van der Waals surface area contributed by atoms with Gasteiger partial charge < -0.3 is 10.4 Å². The molecule has 1 amide bonds. The molecule has 2 atom stereocenters. The predicted octanol–water partition coefficient (Wildman–Crippen LogP) is 2.36. The van der Waals surface area contributed by atoms with Gasteiger partial charge in [-0.25, -0.2) is 0 Å². The van der Waals surface area contributed by atoms with Crippen LogP contribution in [0.25, 0.3) is 0 Å². The van der Waals surface area contributed by atoms with Gasteiger partial charge in [0.1, 0.15) is 0 Å². The van der Waals surface area contributed by atoms with Crippen molar-refractivity contribution in [3.8, 4) is 0 Å². The second-order valence-corrected chi connectivity index (χ2v) is 5.77. The van der Waals surface area contributed by atoms with Crippen molar-refractivity contribution >= 4 is 27.8 Å². The summed E-state index contributed by atoms with van der Waals surface area (Å²) < 4.78 is 0.971. The quantitative estimate of drug-likeness (QED) is 0.893. The second kappa shape index (κ2) is 6.19. The zero-order valence-corrected chi connectivity index (χ0v) is 12.0. The van der Waals surface area contributed by atoms with Crippen LogP contribution in [0.1, 0.15) is 24.8 Å². The Balaban J connectivity index is 1.90. The van der Waals surface area contributed by atoms with Gasteiger partial charge >= 0.3 is 5.97 Å². The number of rotatable bonds is 4. The molecule has 102 valence electrons. The Kier molecular flexibility index (Phi) is 4.58. The summed E-state index contributed by atoms with van der Waals surface area (Å²) in [5, 5.41) is 11.9. The summed E-state index contributed by atoms with van der Waals surface area (Å²) in [4.78, 5) is 22.9. The van der Waals surface area contributed by atoms with Crippen molar-refractivity contribution in [3.63, 3.8) is 0 Å². The molecule has 1 aromatic rings. The molecule has 19 heavy (non-hydrogen) atoms. The van der Waals surface area contributed by atoms with Crippen molar-refractivity contribution in [2.24, 2.45) is 5.92 Å². The van der Waals surface area contributed by atoms with Crippen LogP contribution in [-0.2, 0) is 16.0 Å². The first kappa shape index (κ1) is 14.1. The Hall–Kier alpha value is -1.36. The number of aliphatic carboxylic acids is 1. The fraction of sp³-hybridized carbons (Fsp3) is 0.429. The van der Waals surface area contributed by atoms with Crippen LogP contribution < -0.4 is 5.32 Å². The number of hydrogen-bond acceptors (Lipinski definition) is 2. The summed E-state index contributed by atoms with van der Waals surface area (Å²) in [6.07, 6.45) is 2.55. The molecule has 1 fully saturated rings. The van der Waals surface area contributed by atoms with Crippen molar-refractivity contribution in [3.05, 3.63) is 34.3 Å². The van der Waals surface area contributed by atoms with Crippen LogP contribution in [0.2, 0.25) is 0 Å². The zero-order chi connectivity index (χ0) is 13.8. The maximum atomic E-state index is 11.9. The summed E-state index contributed by atoms with van der Waals surface area (Å²) in [6.45, 7) is 0. The predicted molar refractivity (Wildman–Crippen MR) is 74.8 cm³/mol. The lowest BCUT2D eigenvalue weighted by Gasteiger charge is -2.17. The van der Waals surface area contributed by atoms with Gasteiger partial charge in [0.15, 0.2) is 0 Å². The molecule has 0 bridgehead atoms. The Morgan fingerprint density at radius 1 is 1.26 bits per heavy atom. The molecule has 0 saturated heterocycles. The number of carboxylic acid groups (broad SMARTS) is 1. The third kappa shape index (κ3) is 3.80. The lowest BCUT2D eigenvalue weighted by atomic mass is 10.0. The molecule has 2 rings (SSSR count). The highest BCUT2D eigenvalue weighted by Gasteiger charge is 2.33. The number of halogens is 1. The van der Waals surface area contributed by atoms with Crippen LogP contribution >= 0.6 is 15.9 Å². The van der Waals surface area contributed by atoms with E-state index in [1.807, 2.05) is 24.3 Å². The Morgan fingerprint density at radius 3 is 2.58 bits per heavy atom. The normalized spacial score (nSPS) is 22.2. The van der Waals surface area contributed by atoms with Crippen LogP contribution in [0.4, 0.5) is 0 Å². The first-order valence-electron chi connectivity index (χ1n) is 6.33. The third-order valence-corrected chi connectivity index (χ3v) is 3.99. The van der Waals surface area contributed by atoms with E-state index >= 15 is 0 Å². The van der Waals surface area contributed by atoms with E-state index in [9.17, 15) is 9.59 Å². The molecule has 5 heteroatoms. The molecular formula is C14H16BrNO3. The minimum absolute atomic E-state index is 0.111. The van der Waals surface area contributed by atoms with Gasteiger partial charge in [0, 0.05) is 10.5 Å². The van der Waals surface area contributed by atoms with Crippen molar-refractivity contribution in [1.29, 1.82) is 0 Å². The highest BCUT2D eigenvalue weighted by Crippen LogP contribution is 2.25. The highest BCUT2D eigenvalue weighted by atomic mass is 79.9. The average molecular weight is 326 g/mol. The standard InChI is InChI=1S/C14H16BrNO3/c15-10-6-4-9(5-7-10)8-13(17)16-12-3-1-2-11(12)14(18)19/h4-7,11-12H,1-3,8H2,(H,16,17)(H,18,19)/t11-,12+/m1/s1. The number of hydrogen-bond donors (Lipinski definition) is 2. The largest absolute Gasteiger partial charge is 0.481 e. The van der Waals surface area contributed by atoms with Gasteiger partial charge in [-0.05, 0) is 30.5 Å². The fourth-order valence-electron chi connectivity index (χ4n) is 2.47. The maximum Gasteiger partial charge on any atom is 0.308 e. The van der Waals surface area contributed by atoms with E-state index in [2.05, 4.69) is 21.2 Å². The summed E-state index contributed by atoms with van der Waals surface area (Å²) in [5.74, 6) is -1.36. The van der Waals surface area contributed by atoms with Crippen LogP contribution in [0.5, 0.6) is 0 Å². The summed E-state index contributed by atoms with van der Waals surface area (Å²) in [5.41, 5.74) is 0.922. The first-order valence-corrected chi connectivity index (χ1v) is 7.12. The molecule has 1 aliphatic carbocycles. The summed E-state index contributed by atoms with van der Waals surface area (Å²) >= 11 is 3.34. The molecule has 0 aliphatic heterocycles. The van der Waals surface area contributed by atoms with Crippen molar-refractivity contribution in [1.82, 2.24) is 5.32 Å². The summed E-state index contributed by atoms with van der Waals surface area (Å²) in [7, 11) is 0. The average Bonchev–Trinajstić information content (AvgIpc) is 2.80. The van der Waals surface area contributed by atoms with E-state index in [1.54, 1.807) is 0 Å². The molecule has 4 nitrogen and oxygen atoms in total. The topological polar surface area (TPSA) is 66.4 Å². The van der Waals surface area contributed by atoms with Gasteiger partial charge in [0.25, 0.3) is 0 Å². The lowest BCUT2D eigenvalue weighted by molar-refractivity contribution is -0.142. The maximum absolute atomic E-state index is 11.9. The third-order valence-electron chi connectivity index (χ3n) is 3.46. The molecule has 0 heterocycles. The van der Waals surface area contributed by atoms with Gasteiger partial charge in [-0.2, -0.15) is 0 Å². The number of carbonyl (C=O) groups excluding carboxylic acids is 1. The molecule has 1 aromatic carbocycles. The van der Waals surface area contributed by atoms with E-state index in [0.29, 0.717) is 6.42 Å². The molecule has 0 spiro atoms. The molecule has 0 unspecified atom stereocenters. The zero-order valence-electron chi connectivity index (χ0n) is 10.4. The minimum atomic E-state index is -0.813. The second-order valence-electron chi connectivity index (χ2n) is 4.85. The fourth-order valence-corrected chi connectivity index (χ4v) is 2.74. The lowest BCUT2D eigenvalue weighted by Crippen LogP contribution is -2.40. The molecule has 0 aromatic heterocycles. The smallest absolute Gasteiger partial charge is 0.308 e. The molecule has 1 aliphatic rings. The van der Waals surface area contributed by atoms with Gasteiger partial charge in [-0.1, -0.05) is 34.5 Å². The van der Waals surface area contributed by atoms with Gasteiger partial charge in [-0.3, -0.25) is 9.59 Å². The Bertz CT molecular complexity index is 472. The highest BCUT2D eigenvalue weighted by molar-refractivity contribution is 9.10. The molecular weight excluding hydrogens is 310 g/mol. The monoisotopic (exact) mass is 325 g/mol. The van der Waals surface area contributed by atoms with Gasteiger partial charge in [0.05, 0.1) is 12.3 Å². The van der Waals surface area contributed by atoms with Crippen molar-refractivity contribution in [2.45, 2.75) is 31.7 Å². The van der Waals surface area contributed by atoms with Crippen LogP contribution in [0.3, 0.4) is 0 Å². The number of nitrogens with one attached hydrogen (secondary N) is 1. The van der Waals surface area contributed by atoms with Crippen LogP contribution in [0.15, 0.2) is 28.7 Å². The van der Waals surface area contributed by atoms with Crippen molar-refractivity contribution < 1.29 is 14.7 Å². The van der Waals surface area contributed by atoms with Gasteiger partial charge in [-0.15, -0.1) is 0 Å². The van der Waals surface area contributed by atoms with E-state index in [-0.39, 0.29) is 18.4 Å². The van der Waals surface area contributed by atoms with Crippen molar-refractivity contribution in [2.75, 3.05) is 0 Å². The molecule has 2 N–H and O–H groups in total. The Morgan fingerprint density at radius 2 is 1.95 bits per heavy atom. The SMILES string of the molecule is O=C(Cc1ccc(Br)cc1)N[C@H]1CCC[C@H]1C(=O)O. The van der Waals surface area contributed by atoms with Crippen LogP contribution in [-0.4, -0.2) is 23.0 Å². The number of carbonyl (C=O) groups is 2. The number of benzene rings is 1. The van der Waals surface area contributed by atoms with Gasteiger partial charge in [0.2, 0.25) is 5.91 Å². The molecule has 1 saturated carbocycles. The first-order chi connectivity index (χ1) is 9.06. The van der Waals surface area contributed by atoms with E-state index in [1.165, 1.54) is 0 Å². The number of amides is 1. The van der Waals surface area contributed by atoms with E-state index in [4.69, 9.17) is 5.11 Å². The summed E-state index contributed by atoms with van der Waals surface area (Å²) in [6, 6.07) is 7.32. The Labute approximate surface area is 120 Å². The number of carboxylic acids is 1. The van der Waals surface area contributed by atoms with Crippen LogP contribution in [0, 0.1) is 5.92 Å². The minimum Gasteiger partial charge on any atom is -0.481 e. The molecule has 0 radical (unpaired) electrons.